The maximum absolute atomic E-state index is 12.2. The fourth-order valence-corrected chi connectivity index (χ4v) is 0.743. The molecule has 0 aromatic heterocycles. The molecule has 4 heteroatoms. The molecular formula is C7H10F2O2. The Morgan fingerprint density at radius 2 is 2.09 bits per heavy atom. The Bertz CT molecular complexity index is 158. The minimum Gasteiger partial charge on any atom is -0.458 e. The maximum atomic E-state index is 12.2. The molecule has 0 saturated heterocycles. The van der Waals surface area contributed by atoms with Crippen LogP contribution in [0.25, 0.3) is 0 Å². The zero-order valence-corrected chi connectivity index (χ0v) is 6.27. The van der Waals surface area contributed by atoms with Crippen molar-refractivity contribution in [1.29, 1.82) is 0 Å². The lowest BCUT2D eigenvalue weighted by Crippen LogP contribution is -2.34. The summed E-state index contributed by atoms with van der Waals surface area (Å²) in [6.45, 7) is 0.550. The lowest BCUT2D eigenvalue weighted by Gasteiger charge is -2.26. The van der Waals surface area contributed by atoms with Crippen LogP contribution in [0.4, 0.5) is 8.78 Å². The van der Waals surface area contributed by atoms with Gasteiger partial charge in [0.1, 0.15) is 6.10 Å². The fourth-order valence-electron chi connectivity index (χ4n) is 0.743. The van der Waals surface area contributed by atoms with E-state index in [9.17, 15) is 13.6 Å². The number of carbonyl (C=O) groups is 1. The lowest BCUT2D eigenvalue weighted by atomic mass is 9.96. The minimum absolute atomic E-state index is 0.256. The van der Waals surface area contributed by atoms with Gasteiger partial charge in [0.2, 0.25) is 0 Å². The molecule has 1 rings (SSSR count). The van der Waals surface area contributed by atoms with Crippen molar-refractivity contribution in [2.24, 2.45) is 0 Å². The topological polar surface area (TPSA) is 26.3 Å². The summed E-state index contributed by atoms with van der Waals surface area (Å²) in [5, 5.41) is 0. The van der Waals surface area contributed by atoms with E-state index in [1.54, 1.807) is 0 Å². The first-order valence-corrected chi connectivity index (χ1v) is 3.59. The van der Waals surface area contributed by atoms with Crippen molar-refractivity contribution < 1.29 is 18.3 Å². The van der Waals surface area contributed by atoms with Crippen LogP contribution in [-0.4, -0.2) is 18.0 Å². The van der Waals surface area contributed by atoms with Gasteiger partial charge in [0.25, 0.3) is 0 Å². The van der Waals surface area contributed by atoms with Crippen molar-refractivity contribution in [1.82, 2.24) is 0 Å². The van der Waals surface area contributed by atoms with Gasteiger partial charge in [-0.05, 0) is 19.3 Å². The normalized spacial score (nSPS) is 19.2. The summed E-state index contributed by atoms with van der Waals surface area (Å²) in [6, 6.07) is 0. The van der Waals surface area contributed by atoms with Crippen molar-refractivity contribution in [3.63, 3.8) is 0 Å². The van der Waals surface area contributed by atoms with E-state index in [1.807, 2.05) is 0 Å². The minimum atomic E-state index is -3.34. The number of carbonyl (C=O) groups excluding carboxylic acids is 1. The second-order valence-corrected chi connectivity index (χ2v) is 2.85. The molecule has 1 saturated carbocycles. The monoisotopic (exact) mass is 164 g/mol. The molecule has 0 N–H and O–H groups in total. The molecule has 2 nitrogen and oxygen atoms in total. The second-order valence-electron chi connectivity index (χ2n) is 2.85. The first kappa shape index (κ1) is 8.43. The van der Waals surface area contributed by atoms with Gasteiger partial charge < -0.3 is 4.74 Å². The highest BCUT2D eigenvalue weighted by Gasteiger charge is 2.37. The average molecular weight is 164 g/mol. The molecule has 0 aliphatic heterocycles. The Kier molecular flexibility index (Phi) is 2.11. The van der Waals surface area contributed by atoms with E-state index in [0.717, 1.165) is 19.3 Å². The Labute approximate surface area is 63.5 Å². The molecule has 0 atom stereocenters. The highest BCUT2D eigenvalue weighted by molar-refractivity contribution is 5.77. The van der Waals surface area contributed by atoms with Gasteiger partial charge in [-0.2, -0.15) is 8.78 Å². The molecule has 1 fully saturated rings. The molecule has 0 aromatic carbocycles. The number of hydrogen-bond donors (Lipinski definition) is 0. The van der Waals surface area contributed by atoms with Gasteiger partial charge in [0.05, 0.1) is 0 Å². The molecule has 1 aliphatic carbocycles. The number of rotatable bonds is 2. The predicted molar refractivity (Wildman–Crippen MR) is 34.4 cm³/mol. The van der Waals surface area contributed by atoms with Gasteiger partial charge in [-0.1, -0.05) is 0 Å². The zero-order valence-electron chi connectivity index (χ0n) is 6.27. The van der Waals surface area contributed by atoms with E-state index < -0.39 is 11.9 Å². The van der Waals surface area contributed by atoms with Gasteiger partial charge in [0.15, 0.2) is 0 Å². The summed E-state index contributed by atoms with van der Waals surface area (Å²) in [5.74, 6) is -4.74. The van der Waals surface area contributed by atoms with E-state index in [2.05, 4.69) is 4.74 Å². The molecular weight excluding hydrogens is 154 g/mol. The van der Waals surface area contributed by atoms with Crippen LogP contribution in [0.3, 0.4) is 0 Å². The smallest absolute Gasteiger partial charge is 0.376 e. The number of halogens is 2. The van der Waals surface area contributed by atoms with Gasteiger partial charge in [-0.25, -0.2) is 4.79 Å². The molecule has 0 bridgehead atoms. The molecule has 0 unspecified atom stereocenters. The summed E-state index contributed by atoms with van der Waals surface area (Å²) in [6.07, 6.45) is 2.16. The Hall–Kier alpha value is -0.670. The van der Waals surface area contributed by atoms with Crippen LogP contribution < -0.4 is 0 Å². The standard InChI is InChI=1S/C7H10F2O2/c1-7(8,9)6(10)11-5-3-2-4-5/h5H,2-4H2,1H3. The van der Waals surface area contributed by atoms with Gasteiger partial charge in [0, 0.05) is 6.92 Å². The van der Waals surface area contributed by atoms with Crippen LogP contribution in [0.15, 0.2) is 0 Å². The summed E-state index contributed by atoms with van der Waals surface area (Å²) in [4.78, 5) is 10.5. The first-order valence-electron chi connectivity index (χ1n) is 3.59. The van der Waals surface area contributed by atoms with Crippen LogP contribution in [0.1, 0.15) is 26.2 Å². The molecule has 1 aliphatic rings. The van der Waals surface area contributed by atoms with E-state index in [1.165, 1.54) is 0 Å². The number of ether oxygens (including phenoxy) is 1. The second kappa shape index (κ2) is 2.75. The molecule has 0 spiro atoms. The summed E-state index contributed by atoms with van der Waals surface area (Å²) < 4.78 is 28.8. The quantitative estimate of drug-likeness (QED) is 0.581. The van der Waals surface area contributed by atoms with E-state index in [0.29, 0.717) is 6.92 Å². The highest BCUT2D eigenvalue weighted by atomic mass is 19.3. The van der Waals surface area contributed by atoms with Crippen molar-refractivity contribution in [2.75, 3.05) is 0 Å². The Morgan fingerprint density at radius 3 is 2.36 bits per heavy atom. The van der Waals surface area contributed by atoms with Crippen LogP contribution in [0.2, 0.25) is 0 Å². The van der Waals surface area contributed by atoms with Crippen LogP contribution in [0.5, 0.6) is 0 Å². The number of hydrogen-bond acceptors (Lipinski definition) is 2. The largest absolute Gasteiger partial charge is 0.458 e. The third-order valence-corrected chi connectivity index (χ3v) is 1.68. The predicted octanol–water partition coefficient (Wildman–Crippen LogP) is 1.74. The Morgan fingerprint density at radius 1 is 1.55 bits per heavy atom. The molecule has 0 amide bonds. The molecule has 64 valence electrons. The zero-order chi connectivity index (χ0) is 8.48. The van der Waals surface area contributed by atoms with Crippen molar-refractivity contribution in [2.45, 2.75) is 38.2 Å². The first-order chi connectivity index (χ1) is 5.00. The third-order valence-electron chi connectivity index (χ3n) is 1.68. The fraction of sp³-hybridized carbons (Fsp3) is 0.857. The van der Waals surface area contributed by atoms with Gasteiger partial charge >= 0.3 is 11.9 Å². The van der Waals surface area contributed by atoms with Crippen LogP contribution in [0, 0.1) is 0 Å². The number of alkyl halides is 2. The summed E-state index contributed by atoms with van der Waals surface area (Å²) in [7, 11) is 0. The van der Waals surface area contributed by atoms with E-state index in [4.69, 9.17) is 0 Å². The molecule has 0 radical (unpaired) electrons. The van der Waals surface area contributed by atoms with Crippen molar-refractivity contribution >= 4 is 5.97 Å². The highest BCUT2D eigenvalue weighted by Crippen LogP contribution is 2.25. The van der Waals surface area contributed by atoms with Crippen molar-refractivity contribution in [3.05, 3.63) is 0 Å². The summed E-state index contributed by atoms with van der Waals surface area (Å²) in [5.41, 5.74) is 0. The maximum Gasteiger partial charge on any atom is 0.376 e. The number of esters is 1. The van der Waals surface area contributed by atoms with Gasteiger partial charge in [-0.3, -0.25) is 0 Å². The average Bonchev–Trinajstić information content (AvgIpc) is 1.75. The van der Waals surface area contributed by atoms with Crippen LogP contribution >= 0.6 is 0 Å². The Balaban J connectivity index is 2.30. The molecule has 11 heavy (non-hydrogen) atoms. The van der Waals surface area contributed by atoms with Gasteiger partial charge in [-0.15, -0.1) is 0 Å². The molecule has 0 heterocycles. The van der Waals surface area contributed by atoms with E-state index >= 15 is 0 Å². The van der Waals surface area contributed by atoms with E-state index in [-0.39, 0.29) is 6.10 Å². The SMILES string of the molecule is CC(F)(F)C(=O)OC1CCC1. The lowest BCUT2D eigenvalue weighted by molar-refractivity contribution is -0.178. The van der Waals surface area contributed by atoms with Crippen LogP contribution in [-0.2, 0) is 9.53 Å². The third kappa shape index (κ3) is 2.13. The summed E-state index contributed by atoms with van der Waals surface area (Å²) >= 11 is 0. The van der Waals surface area contributed by atoms with Crippen molar-refractivity contribution in [3.8, 4) is 0 Å². The molecule has 0 aromatic rings.